The third-order valence-electron chi connectivity index (χ3n) is 4.26. The standard InChI is InChI=1S/C18H20BrN/c1-12-10-14(8-9-16(12)19)20-17-15-7-5-4-6-13(15)11-18(17,2)3/h4-10,17,20H,11H2,1-3H3. The maximum Gasteiger partial charge on any atom is 0.0570 e. The molecular formula is C18H20BrN. The summed E-state index contributed by atoms with van der Waals surface area (Å²) in [6.45, 7) is 6.82. The number of hydrogen-bond acceptors (Lipinski definition) is 1. The van der Waals surface area contributed by atoms with Gasteiger partial charge in [-0.2, -0.15) is 0 Å². The smallest absolute Gasteiger partial charge is 0.0570 e. The highest BCUT2D eigenvalue weighted by Crippen LogP contribution is 2.46. The molecule has 1 nitrogen and oxygen atoms in total. The first-order valence-electron chi connectivity index (χ1n) is 7.08. The lowest BCUT2D eigenvalue weighted by Crippen LogP contribution is -2.24. The van der Waals surface area contributed by atoms with Gasteiger partial charge in [0.25, 0.3) is 0 Å². The molecule has 3 rings (SSSR count). The highest BCUT2D eigenvalue weighted by Gasteiger charge is 2.38. The lowest BCUT2D eigenvalue weighted by atomic mass is 9.85. The van der Waals surface area contributed by atoms with Crippen LogP contribution in [0.15, 0.2) is 46.9 Å². The van der Waals surface area contributed by atoms with Crippen LogP contribution in [0.1, 0.15) is 36.6 Å². The van der Waals surface area contributed by atoms with Crippen molar-refractivity contribution in [3.63, 3.8) is 0 Å². The molecule has 0 fully saturated rings. The van der Waals surface area contributed by atoms with Crippen LogP contribution in [0.3, 0.4) is 0 Å². The van der Waals surface area contributed by atoms with Crippen LogP contribution in [-0.4, -0.2) is 0 Å². The van der Waals surface area contributed by atoms with E-state index in [1.165, 1.54) is 22.4 Å². The van der Waals surface area contributed by atoms with E-state index in [0.717, 1.165) is 10.9 Å². The fraction of sp³-hybridized carbons (Fsp3) is 0.333. The van der Waals surface area contributed by atoms with E-state index in [-0.39, 0.29) is 5.41 Å². The number of fused-ring (bicyclic) bond motifs is 1. The van der Waals surface area contributed by atoms with E-state index < -0.39 is 0 Å². The van der Waals surface area contributed by atoms with Gasteiger partial charge in [-0.15, -0.1) is 0 Å². The predicted molar refractivity (Wildman–Crippen MR) is 89.2 cm³/mol. The van der Waals surface area contributed by atoms with Crippen molar-refractivity contribution in [1.82, 2.24) is 0 Å². The Labute approximate surface area is 129 Å². The van der Waals surface area contributed by atoms with Gasteiger partial charge in [-0.05, 0) is 53.6 Å². The van der Waals surface area contributed by atoms with E-state index in [2.05, 4.69) is 84.5 Å². The number of aryl methyl sites for hydroxylation is 1. The third-order valence-corrected chi connectivity index (χ3v) is 5.15. The number of halogens is 1. The van der Waals surface area contributed by atoms with Gasteiger partial charge in [-0.1, -0.05) is 54.0 Å². The molecule has 1 unspecified atom stereocenters. The Morgan fingerprint density at radius 3 is 2.65 bits per heavy atom. The van der Waals surface area contributed by atoms with Crippen LogP contribution in [-0.2, 0) is 6.42 Å². The van der Waals surface area contributed by atoms with Gasteiger partial charge in [0.1, 0.15) is 0 Å². The van der Waals surface area contributed by atoms with Gasteiger partial charge in [-0.3, -0.25) is 0 Å². The summed E-state index contributed by atoms with van der Waals surface area (Å²) in [7, 11) is 0. The minimum absolute atomic E-state index is 0.241. The van der Waals surface area contributed by atoms with Crippen LogP contribution in [0.2, 0.25) is 0 Å². The van der Waals surface area contributed by atoms with Crippen molar-refractivity contribution in [1.29, 1.82) is 0 Å². The molecule has 104 valence electrons. The van der Waals surface area contributed by atoms with Gasteiger partial charge >= 0.3 is 0 Å². The average molecular weight is 330 g/mol. The largest absolute Gasteiger partial charge is 0.378 e. The molecule has 1 aliphatic carbocycles. The number of benzene rings is 2. The summed E-state index contributed by atoms with van der Waals surface area (Å²) in [5.74, 6) is 0. The minimum atomic E-state index is 0.241. The first-order valence-corrected chi connectivity index (χ1v) is 7.87. The van der Waals surface area contributed by atoms with Gasteiger partial charge in [0.05, 0.1) is 6.04 Å². The van der Waals surface area contributed by atoms with Crippen molar-refractivity contribution in [2.45, 2.75) is 33.2 Å². The summed E-state index contributed by atoms with van der Waals surface area (Å²) in [4.78, 5) is 0. The molecule has 0 saturated carbocycles. The molecule has 0 bridgehead atoms. The maximum absolute atomic E-state index is 3.73. The van der Waals surface area contributed by atoms with Crippen LogP contribution in [0, 0.1) is 12.3 Å². The van der Waals surface area contributed by atoms with E-state index in [9.17, 15) is 0 Å². The number of rotatable bonds is 2. The fourth-order valence-electron chi connectivity index (χ4n) is 3.16. The van der Waals surface area contributed by atoms with E-state index in [1.54, 1.807) is 0 Å². The van der Waals surface area contributed by atoms with Crippen molar-refractivity contribution >= 4 is 21.6 Å². The van der Waals surface area contributed by atoms with Crippen molar-refractivity contribution < 1.29 is 0 Å². The van der Waals surface area contributed by atoms with Crippen LogP contribution < -0.4 is 5.32 Å². The number of nitrogens with one attached hydrogen (secondary N) is 1. The monoisotopic (exact) mass is 329 g/mol. The van der Waals surface area contributed by atoms with Crippen LogP contribution in [0.4, 0.5) is 5.69 Å². The highest BCUT2D eigenvalue weighted by molar-refractivity contribution is 9.10. The molecule has 0 radical (unpaired) electrons. The first-order chi connectivity index (χ1) is 9.47. The highest BCUT2D eigenvalue weighted by atomic mass is 79.9. The zero-order valence-electron chi connectivity index (χ0n) is 12.2. The molecular weight excluding hydrogens is 310 g/mol. The van der Waals surface area contributed by atoms with Crippen LogP contribution in [0.25, 0.3) is 0 Å². The Morgan fingerprint density at radius 2 is 1.90 bits per heavy atom. The molecule has 0 heterocycles. The van der Waals surface area contributed by atoms with Crippen molar-refractivity contribution in [2.75, 3.05) is 5.32 Å². The molecule has 0 amide bonds. The molecule has 1 aliphatic rings. The van der Waals surface area contributed by atoms with Crippen LogP contribution in [0.5, 0.6) is 0 Å². The number of hydrogen-bond donors (Lipinski definition) is 1. The molecule has 0 aliphatic heterocycles. The van der Waals surface area contributed by atoms with E-state index in [1.807, 2.05) is 0 Å². The summed E-state index contributed by atoms with van der Waals surface area (Å²) < 4.78 is 1.16. The second-order valence-corrected chi connectivity index (χ2v) is 7.26. The summed E-state index contributed by atoms with van der Waals surface area (Å²) in [6, 6.07) is 15.6. The van der Waals surface area contributed by atoms with E-state index >= 15 is 0 Å². The zero-order chi connectivity index (χ0) is 14.3. The molecule has 0 aromatic heterocycles. The van der Waals surface area contributed by atoms with Gasteiger partial charge in [0.15, 0.2) is 0 Å². The normalized spacial score (nSPS) is 19.7. The molecule has 0 saturated heterocycles. The maximum atomic E-state index is 3.73. The SMILES string of the molecule is Cc1cc(NC2c3ccccc3CC2(C)C)ccc1Br. The summed E-state index contributed by atoms with van der Waals surface area (Å²) in [6.07, 6.45) is 1.14. The Bertz CT molecular complexity index is 646. The van der Waals surface area contributed by atoms with E-state index in [0.29, 0.717) is 6.04 Å². The van der Waals surface area contributed by atoms with Crippen molar-refractivity contribution in [3.05, 3.63) is 63.6 Å². The third kappa shape index (κ3) is 2.37. The first kappa shape index (κ1) is 13.7. The van der Waals surface area contributed by atoms with Gasteiger partial charge in [0, 0.05) is 10.2 Å². The molecule has 1 N–H and O–H groups in total. The van der Waals surface area contributed by atoms with Crippen LogP contribution >= 0.6 is 15.9 Å². The van der Waals surface area contributed by atoms with Gasteiger partial charge in [0.2, 0.25) is 0 Å². The Balaban J connectivity index is 1.94. The Morgan fingerprint density at radius 1 is 1.15 bits per heavy atom. The average Bonchev–Trinajstić information content (AvgIpc) is 2.65. The van der Waals surface area contributed by atoms with Gasteiger partial charge < -0.3 is 5.32 Å². The molecule has 2 heteroatoms. The topological polar surface area (TPSA) is 12.0 Å². The lowest BCUT2D eigenvalue weighted by molar-refractivity contribution is 0.337. The fourth-order valence-corrected chi connectivity index (χ4v) is 3.41. The lowest BCUT2D eigenvalue weighted by Gasteiger charge is -2.29. The van der Waals surface area contributed by atoms with Crippen molar-refractivity contribution in [3.8, 4) is 0 Å². The molecule has 1 atom stereocenters. The van der Waals surface area contributed by atoms with E-state index in [4.69, 9.17) is 0 Å². The second kappa shape index (κ2) is 4.92. The minimum Gasteiger partial charge on any atom is -0.378 e. The molecule has 20 heavy (non-hydrogen) atoms. The molecule has 2 aromatic rings. The quantitative estimate of drug-likeness (QED) is 0.767. The summed E-state index contributed by atoms with van der Waals surface area (Å²) >= 11 is 3.56. The summed E-state index contributed by atoms with van der Waals surface area (Å²) in [5.41, 5.74) is 5.62. The number of anilines is 1. The Hall–Kier alpha value is -1.28. The zero-order valence-corrected chi connectivity index (χ0v) is 13.8. The summed E-state index contributed by atoms with van der Waals surface area (Å²) in [5, 5.41) is 3.73. The molecule has 0 spiro atoms. The van der Waals surface area contributed by atoms with Gasteiger partial charge in [-0.25, -0.2) is 0 Å². The second-order valence-electron chi connectivity index (χ2n) is 6.41. The molecule has 2 aromatic carbocycles. The predicted octanol–water partition coefficient (Wildman–Crippen LogP) is 5.49. The Kier molecular flexibility index (Phi) is 3.37. The van der Waals surface area contributed by atoms with Crippen molar-refractivity contribution in [2.24, 2.45) is 5.41 Å².